The molecule has 0 amide bonds. The summed E-state index contributed by atoms with van der Waals surface area (Å²) >= 11 is 0. The van der Waals surface area contributed by atoms with Crippen molar-refractivity contribution in [2.45, 2.75) is 25.8 Å². The first-order chi connectivity index (χ1) is 11.3. The van der Waals surface area contributed by atoms with Gasteiger partial charge in [-0.05, 0) is 13.3 Å². The monoisotopic (exact) mass is 317 g/mol. The molecule has 23 heavy (non-hydrogen) atoms. The topological polar surface area (TPSA) is 71.9 Å². The average Bonchev–Trinajstić information content (AvgIpc) is 2.61. The second-order valence-corrected chi connectivity index (χ2v) is 5.59. The number of hydrogen-bond donors (Lipinski definition) is 1. The number of rotatable bonds is 6. The highest BCUT2D eigenvalue weighted by atomic mass is 16.5. The van der Waals surface area contributed by atoms with E-state index in [-0.39, 0.29) is 0 Å². The zero-order valence-electron chi connectivity index (χ0n) is 13.4. The van der Waals surface area contributed by atoms with Gasteiger partial charge in [-0.2, -0.15) is 0 Å². The van der Waals surface area contributed by atoms with Gasteiger partial charge in [-0.3, -0.25) is 4.99 Å². The van der Waals surface area contributed by atoms with Crippen molar-refractivity contribution in [3.63, 3.8) is 0 Å². The Morgan fingerprint density at radius 1 is 1.26 bits per heavy atom. The lowest BCUT2D eigenvalue weighted by molar-refractivity contribution is 0.147. The van der Waals surface area contributed by atoms with Crippen LogP contribution < -0.4 is 15.0 Å². The molecule has 1 atom stereocenters. The van der Waals surface area contributed by atoms with E-state index in [1.807, 2.05) is 6.21 Å². The lowest BCUT2D eigenvalue weighted by Crippen LogP contribution is -2.50. The van der Waals surface area contributed by atoms with Gasteiger partial charge < -0.3 is 19.7 Å². The highest BCUT2D eigenvalue weighted by molar-refractivity contribution is 5.59. The summed E-state index contributed by atoms with van der Waals surface area (Å²) < 4.78 is 11.5. The minimum Gasteiger partial charge on any atom is -0.493 e. The van der Waals surface area contributed by atoms with Crippen LogP contribution in [0, 0.1) is 0 Å². The van der Waals surface area contributed by atoms with E-state index in [1.165, 1.54) is 0 Å². The largest absolute Gasteiger partial charge is 0.493 e. The van der Waals surface area contributed by atoms with Crippen LogP contribution in [0.3, 0.4) is 0 Å². The minimum atomic E-state index is 0.365. The van der Waals surface area contributed by atoms with Crippen molar-refractivity contribution in [2.24, 2.45) is 4.99 Å². The molecular weight excluding hydrogens is 294 g/mol. The Morgan fingerprint density at radius 3 is 2.96 bits per heavy atom. The molecular formula is C16H23N5O2. The summed E-state index contributed by atoms with van der Waals surface area (Å²) in [5.74, 6) is 2.29. The molecule has 0 unspecified atom stereocenters. The van der Waals surface area contributed by atoms with E-state index in [1.54, 1.807) is 18.6 Å². The van der Waals surface area contributed by atoms with Gasteiger partial charge in [0.05, 0.1) is 6.20 Å². The van der Waals surface area contributed by atoms with Crippen molar-refractivity contribution in [3.05, 3.63) is 24.4 Å². The molecule has 1 N–H and O–H groups in total. The van der Waals surface area contributed by atoms with E-state index in [0.717, 1.165) is 44.1 Å². The Labute approximate surface area is 136 Å². The third kappa shape index (κ3) is 4.19. The summed E-state index contributed by atoms with van der Waals surface area (Å²) in [7, 11) is 0. The summed E-state index contributed by atoms with van der Waals surface area (Å²) in [5, 5.41) is 3.37. The van der Waals surface area contributed by atoms with Gasteiger partial charge in [-0.15, -0.1) is 0 Å². The fourth-order valence-electron chi connectivity index (χ4n) is 2.67. The van der Waals surface area contributed by atoms with Crippen LogP contribution in [0.4, 0.5) is 5.82 Å². The van der Waals surface area contributed by atoms with Gasteiger partial charge in [0.1, 0.15) is 19.0 Å². The molecule has 2 aliphatic rings. The SMILES string of the molecule is C[C@@H]1CNCCN1c1nccnc1OCCOC1=CN=CCC1. The molecule has 7 nitrogen and oxygen atoms in total. The van der Waals surface area contributed by atoms with Crippen LogP contribution in [0.5, 0.6) is 5.88 Å². The molecule has 7 heteroatoms. The standard InChI is InChI=1S/C16H23N5O2/c1-13-11-18-7-8-21(13)15-16(20-6-5-19-15)23-10-9-22-14-3-2-4-17-12-14/h4-6,12-13,18H,2-3,7-11H2,1H3/t13-/m1/s1. The van der Waals surface area contributed by atoms with E-state index in [4.69, 9.17) is 9.47 Å². The molecule has 124 valence electrons. The molecule has 0 spiro atoms. The number of anilines is 1. The summed E-state index contributed by atoms with van der Waals surface area (Å²) in [6, 6.07) is 0.365. The summed E-state index contributed by atoms with van der Waals surface area (Å²) in [6.45, 7) is 5.87. The molecule has 1 fully saturated rings. The predicted molar refractivity (Wildman–Crippen MR) is 89.0 cm³/mol. The smallest absolute Gasteiger partial charge is 0.257 e. The van der Waals surface area contributed by atoms with Crippen molar-refractivity contribution < 1.29 is 9.47 Å². The van der Waals surface area contributed by atoms with Gasteiger partial charge in [-0.1, -0.05) is 0 Å². The maximum atomic E-state index is 5.80. The number of nitrogens with zero attached hydrogens (tertiary/aromatic N) is 4. The van der Waals surface area contributed by atoms with Crippen molar-refractivity contribution >= 4 is 12.0 Å². The van der Waals surface area contributed by atoms with Gasteiger partial charge >= 0.3 is 0 Å². The zero-order valence-corrected chi connectivity index (χ0v) is 13.4. The quantitative estimate of drug-likeness (QED) is 0.799. The molecule has 1 aromatic rings. The average molecular weight is 317 g/mol. The van der Waals surface area contributed by atoms with Crippen LogP contribution in [0.1, 0.15) is 19.8 Å². The van der Waals surface area contributed by atoms with E-state index < -0.39 is 0 Å². The number of aromatic nitrogens is 2. The van der Waals surface area contributed by atoms with Crippen molar-refractivity contribution in [1.82, 2.24) is 15.3 Å². The van der Waals surface area contributed by atoms with Crippen molar-refractivity contribution in [2.75, 3.05) is 37.7 Å². The molecule has 2 aliphatic heterocycles. The first-order valence-electron chi connectivity index (χ1n) is 8.09. The Hall–Kier alpha value is -2.15. The number of hydrogen-bond acceptors (Lipinski definition) is 7. The molecule has 3 heterocycles. The number of ether oxygens (including phenoxy) is 2. The summed E-state index contributed by atoms with van der Waals surface area (Å²) in [5.41, 5.74) is 0. The van der Waals surface area contributed by atoms with E-state index in [2.05, 4.69) is 32.1 Å². The number of allylic oxidation sites excluding steroid dienone is 1. The van der Waals surface area contributed by atoms with Gasteiger partial charge in [0.15, 0.2) is 5.82 Å². The molecule has 0 aromatic carbocycles. The lowest BCUT2D eigenvalue weighted by atomic mass is 10.2. The minimum absolute atomic E-state index is 0.365. The van der Waals surface area contributed by atoms with Crippen LogP contribution in [-0.4, -0.2) is 55.1 Å². The second-order valence-electron chi connectivity index (χ2n) is 5.59. The van der Waals surface area contributed by atoms with Crippen LogP contribution >= 0.6 is 0 Å². The summed E-state index contributed by atoms with van der Waals surface area (Å²) in [6.07, 6.45) is 8.85. The highest BCUT2D eigenvalue weighted by Gasteiger charge is 2.23. The molecule has 0 bridgehead atoms. The zero-order chi connectivity index (χ0) is 15.9. The van der Waals surface area contributed by atoms with E-state index in [9.17, 15) is 0 Å². The molecule has 0 saturated carbocycles. The predicted octanol–water partition coefficient (Wildman–Crippen LogP) is 1.38. The summed E-state index contributed by atoms with van der Waals surface area (Å²) in [4.78, 5) is 15.1. The number of nitrogens with one attached hydrogen (secondary N) is 1. The fourth-order valence-corrected chi connectivity index (χ4v) is 2.67. The normalized spacial score (nSPS) is 21.0. The van der Waals surface area contributed by atoms with Crippen LogP contribution in [0.2, 0.25) is 0 Å². The number of aliphatic imine (C=N–C) groups is 1. The van der Waals surface area contributed by atoms with Crippen LogP contribution in [-0.2, 0) is 4.74 Å². The van der Waals surface area contributed by atoms with Gasteiger partial charge in [0.25, 0.3) is 5.88 Å². The Morgan fingerprint density at radius 2 is 2.13 bits per heavy atom. The maximum absolute atomic E-state index is 5.80. The molecule has 1 saturated heterocycles. The third-order valence-corrected chi connectivity index (χ3v) is 3.87. The second kappa shape index (κ2) is 7.92. The number of piperazine rings is 1. The first-order valence-corrected chi connectivity index (χ1v) is 8.09. The first kappa shape index (κ1) is 15.7. The van der Waals surface area contributed by atoms with Crippen molar-refractivity contribution in [1.29, 1.82) is 0 Å². The molecule has 0 aliphatic carbocycles. The Kier molecular flexibility index (Phi) is 5.42. The van der Waals surface area contributed by atoms with E-state index in [0.29, 0.717) is 25.1 Å². The van der Waals surface area contributed by atoms with E-state index >= 15 is 0 Å². The Bertz CT molecular complexity index is 575. The van der Waals surface area contributed by atoms with Gasteiger partial charge in [-0.25, -0.2) is 9.97 Å². The third-order valence-electron chi connectivity index (χ3n) is 3.87. The lowest BCUT2D eigenvalue weighted by Gasteiger charge is -2.35. The maximum Gasteiger partial charge on any atom is 0.257 e. The fraction of sp³-hybridized carbons (Fsp3) is 0.562. The molecule has 1 aromatic heterocycles. The molecule has 0 radical (unpaired) electrons. The van der Waals surface area contributed by atoms with Crippen molar-refractivity contribution in [3.8, 4) is 5.88 Å². The molecule has 3 rings (SSSR count). The van der Waals surface area contributed by atoms with Gasteiger partial charge in [0, 0.05) is 50.7 Å². The van der Waals surface area contributed by atoms with Crippen LogP contribution in [0.15, 0.2) is 29.3 Å². The Balaban J connectivity index is 1.55. The highest BCUT2D eigenvalue weighted by Crippen LogP contribution is 2.25. The van der Waals surface area contributed by atoms with Gasteiger partial charge in [0.2, 0.25) is 0 Å². The van der Waals surface area contributed by atoms with Crippen LogP contribution in [0.25, 0.3) is 0 Å².